The van der Waals surface area contributed by atoms with Crippen molar-refractivity contribution in [3.8, 4) is 5.69 Å². The molecule has 0 radical (unpaired) electrons. The van der Waals surface area contributed by atoms with E-state index in [4.69, 9.17) is 9.98 Å². The monoisotopic (exact) mass is 732 g/mol. The van der Waals surface area contributed by atoms with Crippen molar-refractivity contribution < 1.29 is 0 Å². The molecule has 0 amide bonds. The van der Waals surface area contributed by atoms with Crippen molar-refractivity contribution in [2.24, 2.45) is 9.98 Å². The van der Waals surface area contributed by atoms with Crippen molar-refractivity contribution in [3.05, 3.63) is 211 Å². The summed E-state index contributed by atoms with van der Waals surface area (Å²) in [6, 6.07) is 60.7. The van der Waals surface area contributed by atoms with Gasteiger partial charge >= 0.3 is 0 Å². The van der Waals surface area contributed by atoms with Crippen molar-refractivity contribution in [3.63, 3.8) is 0 Å². The number of hydrogen-bond donors (Lipinski definition) is 1. The van der Waals surface area contributed by atoms with Gasteiger partial charge < -0.3 is 19.4 Å². The predicted octanol–water partition coefficient (Wildman–Crippen LogP) is 11.6. The van der Waals surface area contributed by atoms with Crippen molar-refractivity contribution in [2.75, 3.05) is 4.90 Å². The Kier molecular flexibility index (Phi) is 7.01. The number of allylic oxidation sites excluding steroid dienone is 2. The highest BCUT2D eigenvalue weighted by molar-refractivity contribution is 6.18. The molecule has 0 spiro atoms. The third-order valence-electron chi connectivity index (χ3n) is 11.9. The summed E-state index contributed by atoms with van der Waals surface area (Å²) in [5.41, 5.74) is 11.6. The molecule has 7 aromatic carbocycles. The number of aliphatic imine (C=N–C) groups is 2. The van der Waals surface area contributed by atoms with E-state index in [-0.39, 0.29) is 12.0 Å². The Balaban J connectivity index is 1.09. The van der Waals surface area contributed by atoms with E-state index in [2.05, 4.69) is 189 Å². The third-order valence-corrected chi connectivity index (χ3v) is 11.9. The highest BCUT2D eigenvalue weighted by Gasteiger charge is 2.40. The van der Waals surface area contributed by atoms with Crippen molar-refractivity contribution >= 4 is 66.7 Å². The average molecular weight is 733 g/mol. The zero-order valence-corrected chi connectivity index (χ0v) is 30.9. The van der Waals surface area contributed by atoms with Gasteiger partial charge in [-0.2, -0.15) is 0 Å². The highest BCUT2D eigenvalue weighted by atomic mass is 15.3. The van der Waals surface area contributed by atoms with Gasteiger partial charge in [0, 0.05) is 50.0 Å². The summed E-state index contributed by atoms with van der Waals surface area (Å²) in [7, 11) is 0. The van der Waals surface area contributed by atoms with Crippen molar-refractivity contribution in [1.82, 2.24) is 14.5 Å². The maximum atomic E-state index is 5.35. The minimum atomic E-state index is -0.439. The summed E-state index contributed by atoms with van der Waals surface area (Å²) in [6.07, 6.45) is 8.71. The number of para-hydroxylation sites is 3. The van der Waals surface area contributed by atoms with Gasteiger partial charge in [0.2, 0.25) is 6.29 Å². The molecule has 57 heavy (non-hydrogen) atoms. The first kappa shape index (κ1) is 31.9. The SMILES string of the molecule is C1=CC2c3ccc4c(c3N(c3ccc5c(c3)c3ccccc3n5-c3ccccc3)C2C=C1)c1ccccc1n4C1N=C(c2ccccc2)N=C(c2ccccc2)N1. The molecule has 0 saturated carbocycles. The smallest absolute Gasteiger partial charge is 0.204 e. The number of rotatable bonds is 5. The van der Waals surface area contributed by atoms with E-state index in [1.54, 1.807) is 0 Å². The normalized spacial score (nSPS) is 18.5. The van der Waals surface area contributed by atoms with Gasteiger partial charge in [0.1, 0.15) is 5.84 Å². The fraction of sp³-hybridized carbons (Fsp3) is 0.0588. The van der Waals surface area contributed by atoms with E-state index in [0.717, 1.165) is 33.7 Å². The molecule has 1 aliphatic carbocycles. The van der Waals surface area contributed by atoms with E-state index in [0.29, 0.717) is 5.84 Å². The van der Waals surface area contributed by atoms with Gasteiger partial charge in [-0.25, -0.2) is 9.98 Å². The molecule has 2 aliphatic heterocycles. The van der Waals surface area contributed by atoms with Gasteiger partial charge in [0.25, 0.3) is 0 Å². The van der Waals surface area contributed by atoms with Crippen LogP contribution in [0.3, 0.4) is 0 Å². The van der Waals surface area contributed by atoms with Crippen LogP contribution in [0.4, 0.5) is 11.4 Å². The molecule has 9 aromatic rings. The first-order valence-corrected chi connectivity index (χ1v) is 19.6. The molecule has 6 heteroatoms. The first-order chi connectivity index (χ1) is 28.3. The molecule has 0 bridgehead atoms. The van der Waals surface area contributed by atoms with Crippen LogP contribution in [0.5, 0.6) is 0 Å². The molecule has 0 saturated heterocycles. The molecule has 3 aliphatic rings. The van der Waals surface area contributed by atoms with E-state index >= 15 is 0 Å². The second-order valence-corrected chi connectivity index (χ2v) is 15.0. The number of fused-ring (bicyclic) bond motifs is 10. The highest BCUT2D eigenvalue weighted by Crippen LogP contribution is 2.53. The summed E-state index contributed by atoms with van der Waals surface area (Å²) in [5, 5.41) is 8.67. The number of benzene rings is 7. The van der Waals surface area contributed by atoms with Crippen LogP contribution >= 0.6 is 0 Å². The molecule has 2 aromatic heterocycles. The third kappa shape index (κ3) is 4.83. The minimum absolute atomic E-state index is 0.130. The Morgan fingerprint density at radius 2 is 1.16 bits per heavy atom. The van der Waals surface area contributed by atoms with Crippen LogP contribution in [0.1, 0.15) is 28.9 Å². The summed E-state index contributed by atoms with van der Waals surface area (Å²) < 4.78 is 4.76. The molecule has 4 heterocycles. The molecular weight excluding hydrogens is 697 g/mol. The second kappa shape index (κ2) is 12.5. The lowest BCUT2D eigenvalue weighted by atomic mass is 9.91. The Hall–Kier alpha value is -7.44. The molecule has 3 atom stereocenters. The first-order valence-electron chi connectivity index (χ1n) is 19.6. The van der Waals surface area contributed by atoms with Crippen molar-refractivity contribution in [2.45, 2.75) is 18.2 Å². The topological polar surface area (TPSA) is 49.9 Å². The number of nitrogens with zero attached hydrogens (tertiary/aromatic N) is 5. The Bertz CT molecular complexity index is 3170. The summed E-state index contributed by atoms with van der Waals surface area (Å²) in [4.78, 5) is 13.0. The lowest BCUT2D eigenvalue weighted by molar-refractivity contribution is 0.516. The van der Waals surface area contributed by atoms with Gasteiger partial charge in [-0.15, -0.1) is 0 Å². The fourth-order valence-corrected chi connectivity index (χ4v) is 9.46. The lowest BCUT2D eigenvalue weighted by Gasteiger charge is -2.29. The second-order valence-electron chi connectivity index (χ2n) is 15.0. The number of amidine groups is 2. The summed E-state index contributed by atoms with van der Waals surface area (Å²) in [5.74, 6) is 1.72. The van der Waals surface area contributed by atoms with E-state index < -0.39 is 6.29 Å². The number of aromatic nitrogens is 2. The lowest BCUT2D eigenvalue weighted by Crippen LogP contribution is -2.36. The Morgan fingerprint density at radius 1 is 0.509 bits per heavy atom. The summed E-state index contributed by atoms with van der Waals surface area (Å²) in [6.45, 7) is 0. The van der Waals surface area contributed by atoms with Gasteiger partial charge in [0.15, 0.2) is 5.84 Å². The van der Waals surface area contributed by atoms with E-state index in [1.165, 1.54) is 49.5 Å². The molecule has 3 unspecified atom stereocenters. The average Bonchev–Trinajstić information content (AvgIpc) is 3.92. The van der Waals surface area contributed by atoms with Crippen LogP contribution in [0.15, 0.2) is 204 Å². The fourth-order valence-electron chi connectivity index (χ4n) is 9.46. The van der Waals surface area contributed by atoms with E-state index in [9.17, 15) is 0 Å². The molecular formula is C51H36N6. The molecule has 270 valence electrons. The van der Waals surface area contributed by atoms with E-state index in [1.807, 2.05) is 24.3 Å². The predicted molar refractivity (Wildman–Crippen MR) is 235 cm³/mol. The number of hydrogen-bond acceptors (Lipinski definition) is 4. The maximum absolute atomic E-state index is 5.35. The van der Waals surface area contributed by atoms with Crippen LogP contribution < -0.4 is 10.2 Å². The zero-order valence-electron chi connectivity index (χ0n) is 30.9. The zero-order chi connectivity index (χ0) is 37.5. The van der Waals surface area contributed by atoms with Gasteiger partial charge in [-0.05, 0) is 54.1 Å². The van der Waals surface area contributed by atoms with Crippen LogP contribution in [0.25, 0.3) is 49.3 Å². The van der Waals surface area contributed by atoms with Crippen LogP contribution in [-0.2, 0) is 0 Å². The molecule has 1 N–H and O–H groups in total. The van der Waals surface area contributed by atoms with Gasteiger partial charge in [-0.1, -0.05) is 146 Å². The maximum Gasteiger partial charge on any atom is 0.204 e. The largest absolute Gasteiger partial charge is 0.333 e. The van der Waals surface area contributed by atoms with Crippen LogP contribution in [0.2, 0.25) is 0 Å². The van der Waals surface area contributed by atoms with Gasteiger partial charge in [0.05, 0.1) is 33.8 Å². The standard InChI is InChI=1S/C51H36N6/c1-4-16-33(17-5-1)49-52-50(34-18-6-2-7-19-34)54-51(53-49)57-44-27-15-12-24-40(44)47-46(57)31-29-39-37-22-10-14-26-43(37)56(48(39)47)36-28-30-45-41(32-36)38-23-11-13-25-42(38)55(45)35-20-8-3-9-21-35/h1-32,37,43,51H,(H,52,53,54). The Labute approximate surface area is 329 Å². The molecule has 12 rings (SSSR count). The summed E-state index contributed by atoms with van der Waals surface area (Å²) >= 11 is 0. The minimum Gasteiger partial charge on any atom is -0.333 e. The van der Waals surface area contributed by atoms with Crippen LogP contribution in [-0.4, -0.2) is 26.8 Å². The molecule has 0 fully saturated rings. The van der Waals surface area contributed by atoms with Crippen molar-refractivity contribution in [1.29, 1.82) is 0 Å². The quantitative estimate of drug-likeness (QED) is 0.192. The Morgan fingerprint density at radius 3 is 1.96 bits per heavy atom. The molecule has 6 nitrogen and oxygen atoms in total. The number of nitrogens with one attached hydrogen (secondary N) is 1. The number of anilines is 2. The van der Waals surface area contributed by atoms with Gasteiger partial charge in [-0.3, -0.25) is 0 Å². The van der Waals surface area contributed by atoms with Crippen LogP contribution in [0, 0.1) is 0 Å².